The van der Waals surface area contributed by atoms with Crippen LogP contribution in [0.2, 0.25) is 0 Å². The largest absolute Gasteiger partial charge is 0.354 e. The monoisotopic (exact) mass is 355 g/mol. The minimum atomic E-state index is -0.399. The second kappa shape index (κ2) is 6.53. The van der Waals surface area contributed by atoms with Crippen molar-refractivity contribution in [3.05, 3.63) is 46.5 Å². The fourth-order valence-corrected chi connectivity index (χ4v) is 3.39. The molecule has 0 saturated carbocycles. The molecule has 1 aromatic carbocycles. The van der Waals surface area contributed by atoms with Crippen LogP contribution in [0.3, 0.4) is 0 Å². The lowest BCUT2D eigenvalue weighted by Crippen LogP contribution is -2.28. The number of aryl methyl sites for hydroxylation is 1. The van der Waals surface area contributed by atoms with Gasteiger partial charge in [0.25, 0.3) is 5.88 Å². The Labute approximate surface area is 150 Å². The van der Waals surface area contributed by atoms with Crippen molar-refractivity contribution in [2.75, 3.05) is 0 Å². The lowest BCUT2D eigenvalue weighted by Gasteiger charge is -2.16. The van der Waals surface area contributed by atoms with Gasteiger partial charge in [0.05, 0.1) is 6.10 Å². The van der Waals surface area contributed by atoms with Crippen LogP contribution < -0.4 is 10.5 Å². The molecule has 0 aliphatic carbocycles. The van der Waals surface area contributed by atoms with E-state index in [4.69, 9.17) is 9.57 Å². The summed E-state index contributed by atoms with van der Waals surface area (Å²) in [4.78, 5) is 23.6. The van der Waals surface area contributed by atoms with Gasteiger partial charge in [-0.15, -0.1) is 5.10 Å². The Kier molecular flexibility index (Phi) is 4.20. The zero-order valence-electron chi connectivity index (χ0n) is 15.0. The van der Waals surface area contributed by atoms with Crippen molar-refractivity contribution in [3.8, 4) is 5.88 Å². The number of nitrogens with zero attached hydrogens (tertiary/aromatic N) is 5. The SMILES string of the molecule is CC[C@H]1O[C@@H](n2cc(C)c(On3nnc4ccccc43)nc2=O)CC1C. The van der Waals surface area contributed by atoms with Gasteiger partial charge in [0.15, 0.2) is 0 Å². The van der Waals surface area contributed by atoms with Crippen LogP contribution >= 0.6 is 0 Å². The highest BCUT2D eigenvalue weighted by Gasteiger charge is 2.32. The Bertz CT molecular complexity index is 996. The van der Waals surface area contributed by atoms with E-state index in [2.05, 4.69) is 29.1 Å². The Morgan fingerprint density at radius 2 is 2.15 bits per heavy atom. The van der Waals surface area contributed by atoms with Crippen LogP contribution in [0, 0.1) is 12.8 Å². The van der Waals surface area contributed by atoms with Crippen LogP contribution in [0.15, 0.2) is 35.3 Å². The van der Waals surface area contributed by atoms with Gasteiger partial charge in [-0.3, -0.25) is 4.57 Å². The highest BCUT2D eigenvalue weighted by molar-refractivity contribution is 5.73. The summed E-state index contributed by atoms with van der Waals surface area (Å²) in [6.07, 6.45) is 3.35. The normalized spacial score (nSPS) is 22.8. The number of rotatable bonds is 4. The summed E-state index contributed by atoms with van der Waals surface area (Å²) in [5.74, 6) is 0.620. The third-order valence-corrected chi connectivity index (χ3v) is 4.84. The van der Waals surface area contributed by atoms with E-state index >= 15 is 0 Å². The predicted molar refractivity (Wildman–Crippen MR) is 94.8 cm³/mol. The van der Waals surface area contributed by atoms with Gasteiger partial charge in [-0.25, -0.2) is 4.79 Å². The zero-order chi connectivity index (χ0) is 18.3. The molecule has 0 bridgehead atoms. The lowest BCUT2D eigenvalue weighted by molar-refractivity contribution is -0.00792. The summed E-state index contributed by atoms with van der Waals surface area (Å²) >= 11 is 0. The first-order valence-electron chi connectivity index (χ1n) is 8.81. The summed E-state index contributed by atoms with van der Waals surface area (Å²) in [6.45, 7) is 6.08. The first-order valence-corrected chi connectivity index (χ1v) is 8.81. The fraction of sp³-hybridized carbons (Fsp3) is 0.444. The van der Waals surface area contributed by atoms with Crippen molar-refractivity contribution in [1.29, 1.82) is 0 Å². The Balaban J connectivity index is 1.63. The number of aromatic nitrogens is 5. The zero-order valence-corrected chi connectivity index (χ0v) is 15.0. The molecule has 0 radical (unpaired) electrons. The molecule has 0 spiro atoms. The number of hydrogen-bond acceptors (Lipinski definition) is 6. The maximum Gasteiger partial charge on any atom is 0.353 e. The van der Waals surface area contributed by atoms with Crippen LogP contribution in [0.25, 0.3) is 11.0 Å². The Morgan fingerprint density at radius 3 is 2.92 bits per heavy atom. The van der Waals surface area contributed by atoms with Crippen molar-refractivity contribution in [2.24, 2.45) is 5.92 Å². The van der Waals surface area contributed by atoms with Gasteiger partial charge >= 0.3 is 5.69 Å². The Morgan fingerprint density at radius 1 is 1.35 bits per heavy atom. The molecule has 8 heteroatoms. The third kappa shape index (κ3) is 2.86. The summed E-state index contributed by atoms with van der Waals surface area (Å²) in [5, 5.41) is 7.99. The summed E-state index contributed by atoms with van der Waals surface area (Å²) in [7, 11) is 0. The van der Waals surface area contributed by atoms with E-state index in [-0.39, 0.29) is 18.2 Å². The van der Waals surface area contributed by atoms with Gasteiger partial charge in [0.2, 0.25) is 0 Å². The molecule has 3 aromatic rings. The number of ether oxygens (including phenoxy) is 1. The molecular formula is C18H21N5O3. The molecule has 0 amide bonds. The molecule has 1 aliphatic heterocycles. The van der Waals surface area contributed by atoms with Crippen LogP contribution in [0.1, 0.15) is 38.5 Å². The first kappa shape index (κ1) is 16.7. The molecule has 3 heterocycles. The maximum absolute atomic E-state index is 12.5. The minimum absolute atomic E-state index is 0.171. The summed E-state index contributed by atoms with van der Waals surface area (Å²) < 4.78 is 7.55. The predicted octanol–water partition coefficient (Wildman–Crippen LogP) is 2.47. The molecule has 26 heavy (non-hydrogen) atoms. The number of hydrogen-bond donors (Lipinski definition) is 0. The van der Waals surface area contributed by atoms with Gasteiger partial charge in [0, 0.05) is 11.8 Å². The van der Waals surface area contributed by atoms with Crippen molar-refractivity contribution in [1.82, 2.24) is 24.7 Å². The molecule has 0 N–H and O–H groups in total. The van der Waals surface area contributed by atoms with E-state index in [0.29, 0.717) is 17.0 Å². The van der Waals surface area contributed by atoms with E-state index < -0.39 is 5.69 Å². The van der Waals surface area contributed by atoms with Crippen molar-refractivity contribution in [3.63, 3.8) is 0 Å². The van der Waals surface area contributed by atoms with E-state index in [0.717, 1.165) is 18.4 Å². The van der Waals surface area contributed by atoms with Crippen LogP contribution in [-0.4, -0.2) is 30.8 Å². The van der Waals surface area contributed by atoms with Gasteiger partial charge in [-0.1, -0.05) is 30.8 Å². The Hall–Kier alpha value is -2.74. The van der Waals surface area contributed by atoms with Crippen LogP contribution in [0.5, 0.6) is 5.88 Å². The van der Waals surface area contributed by atoms with Crippen LogP contribution in [-0.2, 0) is 4.74 Å². The molecule has 8 nitrogen and oxygen atoms in total. The van der Waals surface area contributed by atoms with E-state index in [9.17, 15) is 4.79 Å². The average molecular weight is 355 g/mol. The van der Waals surface area contributed by atoms with Gasteiger partial charge in [0.1, 0.15) is 17.3 Å². The van der Waals surface area contributed by atoms with Crippen molar-refractivity contribution < 1.29 is 9.57 Å². The second-order valence-corrected chi connectivity index (χ2v) is 6.71. The third-order valence-electron chi connectivity index (χ3n) is 4.84. The molecule has 1 aliphatic rings. The molecule has 1 saturated heterocycles. The molecular weight excluding hydrogens is 334 g/mol. The molecule has 2 aromatic heterocycles. The maximum atomic E-state index is 12.5. The highest BCUT2D eigenvalue weighted by atomic mass is 16.7. The molecule has 136 valence electrons. The van der Waals surface area contributed by atoms with E-state index in [1.807, 2.05) is 31.2 Å². The van der Waals surface area contributed by atoms with Crippen LogP contribution in [0.4, 0.5) is 0 Å². The molecule has 1 unspecified atom stereocenters. The van der Waals surface area contributed by atoms with Crippen molar-refractivity contribution >= 4 is 11.0 Å². The number of fused-ring (bicyclic) bond motifs is 1. The lowest BCUT2D eigenvalue weighted by atomic mass is 10.0. The summed E-state index contributed by atoms with van der Waals surface area (Å²) in [5.41, 5.74) is 1.73. The van der Waals surface area contributed by atoms with Crippen molar-refractivity contribution in [2.45, 2.75) is 45.9 Å². The minimum Gasteiger partial charge on any atom is -0.354 e. The second-order valence-electron chi connectivity index (χ2n) is 6.71. The summed E-state index contributed by atoms with van der Waals surface area (Å²) in [6, 6.07) is 7.42. The number of para-hydroxylation sites is 1. The first-order chi connectivity index (χ1) is 12.6. The smallest absolute Gasteiger partial charge is 0.353 e. The average Bonchev–Trinajstić information content (AvgIpc) is 3.21. The molecule has 3 atom stereocenters. The van der Waals surface area contributed by atoms with E-state index in [1.165, 1.54) is 4.85 Å². The van der Waals surface area contributed by atoms with Gasteiger partial charge in [-0.2, -0.15) is 4.98 Å². The topological polar surface area (TPSA) is 84.1 Å². The molecule has 1 fully saturated rings. The fourth-order valence-electron chi connectivity index (χ4n) is 3.39. The van der Waals surface area contributed by atoms with Gasteiger partial charge in [-0.05, 0) is 43.0 Å². The standard InChI is InChI=1S/C18H21N5O3/c1-4-15-11(2)9-16(25-15)22-10-12(3)17(19-18(22)24)26-23-14-8-6-5-7-13(14)20-21-23/h5-8,10-11,15-16H,4,9H2,1-3H3/t11?,15-,16-/m1/s1. The highest BCUT2D eigenvalue weighted by Crippen LogP contribution is 2.34. The molecule has 4 rings (SSSR count). The number of benzene rings is 1. The van der Waals surface area contributed by atoms with Gasteiger partial charge < -0.3 is 9.57 Å². The van der Waals surface area contributed by atoms with E-state index in [1.54, 1.807) is 10.8 Å². The quantitative estimate of drug-likeness (QED) is 0.715.